The quantitative estimate of drug-likeness (QED) is 0.329. The zero-order valence-electron chi connectivity index (χ0n) is 6.88. The van der Waals surface area contributed by atoms with Gasteiger partial charge in [-0.2, -0.15) is 0 Å². The van der Waals surface area contributed by atoms with E-state index >= 15 is 0 Å². The van der Waals surface area contributed by atoms with E-state index in [0.717, 1.165) is 32.4 Å². The maximum Gasteiger partial charge on any atom is 0.142 e. The zero-order valence-corrected chi connectivity index (χ0v) is 6.88. The summed E-state index contributed by atoms with van der Waals surface area (Å²) in [6.45, 7) is 2.46. The Morgan fingerprint density at radius 2 is 2.36 bits per heavy atom. The van der Waals surface area contributed by atoms with Crippen LogP contribution in [0.4, 0.5) is 0 Å². The Labute approximate surface area is 67.4 Å². The SMILES string of the molecule is COCCCNC/C=C/C=O. The Hall–Kier alpha value is -0.670. The molecule has 0 heterocycles. The molecule has 0 unspecified atom stereocenters. The normalized spacial score (nSPS) is 10.6. The predicted octanol–water partition coefficient (Wildman–Crippen LogP) is 0.368. The summed E-state index contributed by atoms with van der Waals surface area (Å²) in [5, 5.41) is 3.13. The minimum Gasteiger partial charge on any atom is -0.385 e. The van der Waals surface area contributed by atoms with Crippen LogP contribution in [0, 0.1) is 0 Å². The molecule has 0 saturated carbocycles. The van der Waals surface area contributed by atoms with Gasteiger partial charge < -0.3 is 10.1 Å². The third-order valence-electron chi connectivity index (χ3n) is 1.18. The first-order valence-electron chi connectivity index (χ1n) is 3.71. The van der Waals surface area contributed by atoms with Crippen LogP contribution in [0.25, 0.3) is 0 Å². The number of carbonyl (C=O) groups excluding carboxylic acids is 1. The van der Waals surface area contributed by atoms with Crippen LogP contribution in [0.5, 0.6) is 0 Å². The molecule has 0 aromatic rings. The first-order valence-corrected chi connectivity index (χ1v) is 3.71. The number of carbonyl (C=O) groups is 1. The van der Waals surface area contributed by atoms with Crippen molar-refractivity contribution < 1.29 is 9.53 Å². The number of allylic oxidation sites excluding steroid dienone is 1. The Kier molecular flexibility index (Phi) is 8.76. The number of rotatable bonds is 7. The molecule has 0 rings (SSSR count). The average molecular weight is 157 g/mol. The van der Waals surface area contributed by atoms with Gasteiger partial charge in [-0.1, -0.05) is 6.08 Å². The van der Waals surface area contributed by atoms with Gasteiger partial charge in [-0.15, -0.1) is 0 Å². The van der Waals surface area contributed by atoms with E-state index in [1.807, 2.05) is 0 Å². The van der Waals surface area contributed by atoms with Crippen LogP contribution in [-0.2, 0) is 9.53 Å². The molecule has 0 radical (unpaired) electrons. The summed E-state index contributed by atoms with van der Waals surface area (Å²) in [6.07, 6.45) is 5.06. The number of nitrogens with one attached hydrogen (secondary N) is 1. The van der Waals surface area contributed by atoms with Crippen molar-refractivity contribution in [1.29, 1.82) is 0 Å². The number of methoxy groups -OCH3 is 1. The minimum absolute atomic E-state index is 0.752. The van der Waals surface area contributed by atoms with Crippen molar-refractivity contribution in [2.75, 3.05) is 26.8 Å². The number of aldehydes is 1. The highest BCUT2D eigenvalue weighted by atomic mass is 16.5. The lowest BCUT2D eigenvalue weighted by Crippen LogP contribution is -2.16. The van der Waals surface area contributed by atoms with Crippen molar-refractivity contribution in [3.63, 3.8) is 0 Å². The van der Waals surface area contributed by atoms with Crippen LogP contribution in [-0.4, -0.2) is 33.1 Å². The maximum atomic E-state index is 9.81. The molecule has 0 atom stereocenters. The molecule has 11 heavy (non-hydrogen) atoms. The smallest absolute Gasteiger partial charge is 0.142 e. The summed E-state index contributed by atoms with van der Waals surface area (Å²) < 4.78 is 4.86. The first kappa shape index (κ1) is 10.3. The second-order valence-corrected chi connectivity index (χ2v) is 2.11. The molecular weight excluding hydrogens is 142 g/mol. The van der Waals surface area contributed by atoms with Crippen molar-refractivity contribution in [2.24, 2.45) is 0 Å². The zero-order chi connectivity index (χ0) is 8.36. The summed E-state index contributed by atoms with van der Waals surface area (Å²) in [5.74, 6) is 0. The third kappa shape index (κ3) is 9.33. The summed E-state index contributed by atoms with van der Waals surface area (Å²) in [4.78, 5) is 9.81. The lowest BCUT2D eigenvalue weighted by molar-refractivity contribution is -0.104. The molecule has 0 aliphatic heterocycles. The van der Waals surface area contributed by atoms with E-state index in [1.165, 1.54) is 6.08 Å². The highest BCUT2D eigenvalue weighted by Gasteiger charge is 1.83. The first-order chi connectivity index (χ1) is 5.41. The van der Waals surface area contributed by atoms with Gasteiger partial charge >= 0.3 is 0 Å². The summed E-state index contributed by atoms with van der Waals surface area (Å²) in [5.41, 5.74) is 0. The van der Waals surface area contributed by atoms with Crippen LogP contribution >= 0.6 is 0 Å². The molecule has 0 spiro atoms. The molecule has 0 aliphatic rings. The molecule has 0 bridgehead atoms. The highest BCUT2D eigenvalue weighted by molar-refractivity contribution is 5.64. The highest BCUT2D eigenvalue weighted by Crippen LogP contribution is 1.76. The van der Waals surface area contributed by atoms with Crippen molar-refractivity contribution in [1.82, 2.24) is 5.32 Å². The largest absolute Gasteiger partial charge is 0.385 e. The van der Waals surface area contributed by atoms with Gasteiger partial charge in [-0.3, -0.25) is 4.79 Å². The topological polar surface area (TPSA) is 38.3 Å². The van der Waals surface area contributed by atoms with Gasteiger partial charge in [0.15, 0.2) is 0 Å². The standard InChI is InChI=1S/C8H15NO2/c1-11-8-4-6-9-5-2-3-7-10/h2-3,7,9H,4-6,8H2,1H3/b3-2+. The van der Waals surface area contributed by atoms with E-state index in [4.69, 9.17) is 4.74 Å². The Balaban J connectivity index is 2.90. The van der Waals surface area contributed by atoms with E-state index in [0.29, 0.717) is 0 Å². The molecule has 0 aliphatic carbocycles. The third-order valence-corrected chi connectivity index (χ3v) is 1.18. The molecule has 1 N–H and O–H groups in total. The van der Waals surface area contributed by atoms with Gasteiger partial charge in [0.25, 0.3) is 0 Å². The number of hydrogen-bond acceptors (Lipinski definition) is 3. The van der Waals surface area contributed by atoms with Gasteiger partial charge in [0.05, 0.1) is 0 Å². The Bertz CT molecular complexity index is 113. The van der Waals surface area contributed by atoms with Crippen molar-refractivity contribution in [2.45, 2.75) is 6.42 Å². The van der Waals surface area contributed by atoms with Gasteiger partial charge in [-0.25, -0.2) is 0 Å². The fourth-order valence-electron chi connectivity index (χ4n) is 0.650. The molecule has 3 nitrogen and oxygen atoms in total. The van der Waals surface area contributed by atoms with E-state index in [2.05, 4.69) is 5.32 Å². The van der Waals surface area contributed by atoms with Crippen molar-refractivity contribution in [3.05, 3.63) is 12.2 Å². The lowest BCUT2D eigenvalue weighted by Gasteiger charge is -1.99. The van der Waals surface area contributed by atoms with Gasteiger partial charge in [0.2, 0.25) is 0 Å². The van der Waals surface area contributed by atoms with E-state index < -0.39 is 0 Å². The molecule has 0 fully saturated rings. The van der Waals surface area contributed by atoms with Crippen LogP contribution in [0.3, 0.4) is 0 Å². The Morgan fingerprint density at radius 3 is 3.00 bits per heavy atom. The van der Waals surface area contributed by atoms with E-state index in [9.17, 15) is 4.79 Å². The molecule has 64 valence electrons. The van der Waals surface area contributed by atoms with Crippen LogP contribution in [0.15, 0.2) is 12.2 Å². The minimum atomic E-state index is 0.752. The van der Waals surface area contributed by atoms with Gasteiger partial charge in [-0.05, 0) is 19.0 Å². The van der Waals surface area contributed by atoms with Gasteiger partial charge in [0, 0.05) is 20.3 Å². The maximum absolute atomic E-state index is 9.81. The van der Waals surface area contributed by atoms with E-state index in [1.54, 1.807) is 13.2 Å². The average Bonchev–Trinajstić information content (AvgIpc) is 2.03. The van der Waals surface area contributed by atoms with E-state index in [-0.39, 0.29) is 0 Å². The second kappa shape index (κ2) is 9.33. The van der Waals surface area contributed by atoms with Gasteiger partial charge in [0.1, 0.15) is 6.29 Å². The molecule has 0 saturated heterocycles. The Morgan fingerprint density at radius 1 is 1.55 bits per heavy atom. The molecule has 3 heteroatoms. The summed E-state index contributed by atoms with van der Waals surface area (Å²) >= 11 is 0. The van der Waals surface area contributed by atoms with Crippen LogP contribution in [0.2, 0.25) is 0 Å². The summed E-state index contributed by atoms with van der Waals surface area (Å²) in [6, 6.07) is 0. The summed E-state index contributed by atoms with van der Waals surface area (Å²) in [7, 11) is 1.69. The molecular formula is C8H15NO2. The number of ether oxygens (including phenoxy) is 1. The van der Waals surface area contributed by atoms with Crippen LogP contribution < -0.4 is 5.32 Å². The lowest BCUT2D eigenvalue weighted by atomic mass is 10.4. The van der Waals surface area contributed by atoms with Crippen molar-refractivity contribution >= 4 is 6.29 Å². The van der Waals surface area contributed by atoms with Crippen LogP contribution in [0.1, 0.15) is 6.42 Å². The fraction of sp³-hybridized carbons (Fsp3) is 0.625. The monoisotopic (exact) mass is 157 g/mol. The van der Waals surface area contributed by atoms with Crippen molar-refractivity contribution in [3.8, 4) is 0 Å². The molecule has 0 aromatic carbocycles. The second-order valence-electron chi connectivity index (χ2n) is 2.11. The molecule has 0 aromatic heterocycles. The predicted molar refractivity (Wildman–Crippen MR) is 44.6 cm³/mol. The number of hydrogen-bond donors (Lipinski definition) is 1. The molecule has 0 amide bonds. The fourth-order valence-corrected chi connectivity index (χ4v) is 0.650.